The molecule has 0 aliphatic heterocycles. The highest BCUT2D eigenvalue weighted by molar-refractivity contribution is 9.11. The van der Waals surface area contributed by atoms with E-state index in [9.17, 15) is 9.59 Å². The fourth-order valence-electron chi connectivity index (χ4n) is 1.63. The number of rotatable bonds is 4. The normalized spacial score (nSPS) is 10.5. The van der Waals surface area contributed by atoms with Crippen LogP contribution < -0.4 is 5.32 Å². The standard InChI is InChI=1S/C13H16Br2N2O3/c1-7(2)17(6-11(18)19)13(20)16-12-9(14)4-8(3)5-10(12)15/h4-5,7H,6H2,1-3H3,(H,16,20)(H,18,19). The number of aryl methyl sites for hydroxylation is 1. The maximum absolute atomic E-state index is 12.2. The van der Waals surface area contributed by atoms with Gasteiger partial charge in [0.05, 0.1) is 5.69 Å². The maximum Gasteiger partial charge on any atom is 0.323 e. The molecule has 5 nitrogen and oxygen atoms in total. The number of amides is 2. The third-order valence-corrected chi connectivity index (χ3v) is 3.86. The summed E-state index contributed by atoms with van der Waals surface area (Å²) in [5.41, 5.74) is 1.62. The van der Waals surface area contributed by atoms with E-state index in [0.29, 0.717) is 5.69 Å². The van der Waals surface area contributed by atoms with Crippen LogP contribution in [0.2, 0.25) is 0 Å². The lowest BCUT2D eigenvalue weighted by Crippen LogP contribution is -2.43. The summed E-state index contributed by atoms with van der Waals surface area (Å²) in [5.74, 6) is -1.05. The van der Waals surface area contributed by atoms with Crippen LogP contribution >= 0.6 is 31.9 Å². The number of carboxylic acids is 1. The number of carboxylic acid groups (broad SMARTS) is 1. The smallest absolute Gasteiger partial charge is 0.323 e. The lowest BCUT2D eigenvalue weighted by molar-refractivity contribution is -0.137. The van der Waals surface area contributed by atoms with Crippen LogP contribution in [0.4, 0.5) is 10.5 Å². The molecule has 1 aromatic carbocycles. The molecule has 1 aromatic rings. The molecule has 0 bridgehead atoms. The Morgan fingerprint density at radius 2 is 1.80 bits per heavy atom. The van der Waals surface area contributed by atoms with Crippen LogP contribution in [0.3, 0.4) is 0 Å². The zero-order chi connectivity index (χ0) is 15.4. The number of benzene rings is 1. The van der Waals surface area contributed by atoms with Crippen LogP contribution in [0.15, 0.2) is 21.1 Å². The Hall–Kier alpha value is -1.08. The average molecular weight is 408 g/mol. The molecule has 0 heterocycles. The zero-order valence-corrected chi connectivity index (χ0v) is 14.6. The van der Waals surface area contributed by atoms with E-state index >= 15 is 0 Å². The first-order chi connectivity index (χ1) is 9.22. The van der Waals surface area contributed by atoms with E-state index < -0.39 is 12.0 Å². The predicted molar refractivity (Wildman–Crippen MR) is 85.1 cm³/mol. The fraction of sp³-hybridized carbons (Fsp3) is 0.385. The summed E-state index contributed by atoms with van der Waals surface area (Å²) in [6.07, 6.45) is 0. The van der Waals surface area contributed by atoms with Gasteiger partial charge in [0, 0.05) is 15.0 Å². The predicted octanol–water partition coefficient (Wildman–Crippen LogP) is 3.85. The summed E-state index contributed by atoms with van der Waals surface area (Å²) < 4.78 is 1.47. The van der Waals surface area contributed by atoms with E-state index in [-0.39, 0.29) is 12.6 Å². The molecule has 0 spiro atoms. The third-order valence-electron chi connectivity index (χ3n) is 2.61. The Morgan fingerprint density at radius 3 is 2.20 bits per heavy atom. The number of anilines is 1. The molecule has 0 aromatic heterocycles. The van der Waals surface area contributed by atoms with Gasteiger partial charge in [-0.25, -0.2) is 4.79 Å². The number of carbonyl (C=O) groups is 2. The third kappa shape index (κ3) is 4.49. The van der Waals surface area contributed by atoms with Crippen LogP contribution in [0.5, 0.6) is 0 Å². The Kier molecular flexibility index (Phi) is 6.01. The Morgan fingerprint density at radius 1 is 1.30 bits per heavy atom. The molecule has 0 radical (unpaired) electrons. The molecule has 7 heteroatoms. The minimum Gasteiger partial charge on any atom is -0.480 e. The zero-order valence-electron chi connectivity index (χ0n) is 11.4. The molecule has 0 saturated carbocycles. The van der Waals surface area contributed by atoms with Gasteiger partial charge >= 0.3 is 12.0 Å². The van der Waals surface area contributed by atoms with Gasteiger partial charge in [0.1, 0.15) is 6.54 Å². The molecule has 2 amide bonds. The molecule has 2 N–H and O–H groups in total. The Bertz CT molecular complexity index is 509. The number of nitrogens with one attached hydrogen (secondary N) is 1. The minimum atomic E-state index is -1.05. The van der Waals surface area contributed by atoms with Crippen molar-refractivity contribution in [1.82, 2.24) is 4.90 Å². The van der Waals surface area contributed by atoms with Crippen LogP contribution in [-0.4, -0.2) is 34.6 Å². The highest BCUT2D eigenvalue weighted by atomic mass is 79.9. The second kappa shape index (κ2) is 7.08. The molecule has 1 rings (SSSR count). The summed E-state index contributed by atoms with van der Waals surface area (Å²) in [5, 5.41) is 11.6. The lowest BCUT2D eigenvalue weighted by atomic mass is 10.2. The summed E-state index contributed by atoms with van der Waals surface area (Å²) in [4.78, 5) is 24.2. The summed E-state index contributed by atoms with van der Waals surface area (Å²) in [6, 6.07) is 3.08. The minimum absolute atomic E-state index is 0.214. The van der Waals surface area contributed by atoms with Crippen molar-refractivity contribution >= 4 is 49.5 Å². The number of nitrogens with zero attached hydrogens (tertiary/aromatic N) is 1. The SMILES string of the molecule is Cc1cc(Br)c(NC(=O)N(CC(=O)O)C(C)C)c(Br)c1. The molecule has 110 valence electrons. The number of aliphatic carboxylic acids is 1. The molecule has 0 unspecified atom stereocenters. The van der Waals surface area contributed by atoms with Crippen molar-refractivity contribution in [1.29, 1.82) is 0 Å². The first-order valence-electron chi connectivity index (χ1n) is 5.97. The van der Waals surface area contributed by atoms with Crippen molar-refractivity contribution in [3.8, 4) is 0 Å². The molecule has 0 atom stereocenters. The first-order valence-corrected chi connectivity index (χ1v) is 7.56. The van der Waals surface area contributed by atoms with Crippen molar-refractivity contribution in [3.63, 3.8) is 0 Å². The monoisotopic (exact) mass is 406 g/mol. The van der Waals surface area contributed by atoms with E-state index in [1.165, 1.54) is 4.90 Å². The van der Waals surface area contributed by atoms with Gasteiger partial charge in [-0.3, -0.25) is 4.79 Å². The molecule has 0 aliphatic carbocycles. The quantitative estimate of drug-likeness (QED) is 0.796. The second-order valence-electron chi connectivity index (χ2n) is 4.65. The largest absolute Gasteiger partial charge is 0.480 e. The first kappa shape index (κ1) is 17.0. The van der Waals surface area contributed by atoms with Gasteiger partial charge < -0.3 is 15.3 Å². The van der Waals surface area contributed by atoms with E-state index in [1.54, 1.807) is 13.8 Å². The van der Waals surface area contributed by atoms with Gasteiger partial charge in [-0.1, -0.05) is 0 Å². The number of carbonyl (C=O) groups excluding carboxylic acids is 1. The van der Waals surface area contributed by atoms with Gasteiger partial charge in [0.2, 0.25) is 0 Å². The Balaban J connectivity index is 2.97. The van der Waals surface area contributed by atoms with E-state index in [2.05, 4.69) is 37.2 Å². The molecular formula is C13H16Br2N2O3. The van der Waals surface area contributed by atoms with Crippen LogP contribution in [0.1, 0.15) is 19.4 Å². The van der Waals surface area contributed by atoms with Crippen molar-refractivity contribution in [2.24, 2.45) is 0 Å². The molecule has 0 fully saturated rings. The van der Waals surface area contributed by atoms with E-state index in [4.69, 9.17) is 5.11 Å². The van der Waals surface area contributed by atoms with Crippen LogP contribution in [0.25, 0.3) is 0 Å². The van der Waals surface area contributed by atoms with Gasteiger partial charge in [0.15, 0.2) is 0 Å². The number of halogens is 2. The Labute approximate surface area is 134 Å². The van der Waals surface area contributed by atoms with Crippen molar-refractivity contribution < 1.29 is 14.7 Å². The lowest BCUT2D eigenvalue weighted by Gasteiger charge is -2.25. The van der Waals surface area contributed by atoms with E-state index in [1.807, 2.05) is 19.1 Å². The van der Waals surface area contributed by atoms with Crippen molar-refractivity contribution in [2.45, 2.75) is 26.8 Å². The summed E-state index contributed by atoms with van der Waals surface area (Å²) in [6.45, 7) is 5.13. The van der Waals surface area contributed by atoms with Gasteiger partial charge in [0.25, 0.3) is 0 Å². The molecule has 0 aliphatic rings. The van der Waals surface area contributed by atoms with Gasteiger partial charge in [-0.05, 0) is 70.3 Å². The van der Waals surface area contributed by atoms with Gasteiger partial charge in [-0.2, -0.15) is 0 Å². The molecular weight excluding hydrogens is 392 g/mol. The summed E-state index contributed by atoms with van der Waals surface area (Å²) in [7, 11) is 0. The summed E-state index contributed by atoms with van der Waals surface area (Å²) >= 11 is 6.77. The van der Waals surface area contributed by atoms with Crippen molar-refractivity contribution in [2.75, 3.05) is 11.9 Å². The number of hydrogen-bond donors (Lipinski definition) is 2. The van der Waals surface area contributed by atoms with Crippen molar-refractivity contribution in [3.05, 3.63) is 26.6 Å². The van der Waals surface area contributed by atoms with Crippen LogP contribution in [-0.2, 0) is 4.79 Å². The molecule has 20 heavy (non-hydrogen) atoms. The number of hydrogen-bond acceptors (Lipinski definition) is 2. The molecule has 0 saturated heterocycles. The average Bonchev–Trinajstić information content (AvgIpc) is 2.29. The highest BCUT2D eigenvalue weighted by Gasteiger charge is 2.21. The fourth-order valence-corrected chi connectivity index (χ4v) is 3.25. The number of urea groups is 1. The van der Waals surface area contributed by atoms with Crippen LogP contribution in [0, 0.1) is 6.92 Å². The van der Waals surface area contributed by atoms with Gasteiger partial charge in [-0.15, -0.1) is 0 Å². The second-order valence-corrected chi connectivity index (χ2v) is 6.36. The highest BCUT2D eigenvalue weighted by Crippen LogP contribution is 2.32. The maximum atomic E-state index is 12.2. The topological polar surface area (TPSA) is 69.6 Å². The van der Waals surface area contributed by atoms with E-state index in [0.717, 1.165) is 14.5 Å².